The molecule has 1 aromatic heterocycles. The molecule has 2 rings (SSSR count). The minimum absolute atomic E-state index is 0.0526. The van der Waals surface area contributed by atoms with E-state index in [9.17, 15) is 4.79 Å². The Morgan fingerprint density at radius 3 is 2.86 bits per heavy atom. The van der Waals surface area contributed by atoms with E-state index in [1.807, 2.05) is 30.3 Å². The zero-order chi connectivity index (χ0) is 15.1. The van der Waals surface area contributed by atoms with E-state index in [1.54, 1.807) is 23.9 Å². The molecule has 1 aromatic carbocycles. The summed E-state index contributed by atoms with van der Waals surface area (Å²) >= 11 is 0. The van der Waals surface area contributed by atoms with Crippen molar-refractivity contribution in [1.29, 1.82) is 0 Å². The average molecular weight is 289 g/mol. The molecule has 0 aliphatic rings. The van der Waals surface area contributed by atoms with Crippen LogP contribution in [-0.2, 0) is 4.79 Å². The maximum Gasteiger partial charge on any atom is 0.260 e. The number of benzene rings is 1. The molecule has 2 N–H and O–H groups in total. The van der Waals surface area contributed by atoms with Crippen molar-refractivity contribution in [3.05, 3.63) is 42.6 Å². The monoisotopic (exact) mass is 289 g/mol. The largest absolute Gasteiger partial charge is 0.463 e. The van der Waals surface area contributed by atoms with Crippen LogP contribution in [0.2, 0.25) is 0 Å². The SMILES string of the molecule is C[C@@H](Oc1ccn(-c2ccccc2)n1)C(=O)NCCCO. The lowest BCUT2D eigenvalue weighted by molar-refractivity contribution is -0.127. The highest BCUT2D eigenvalue weighted by molar-refractivity contribution is 5.80. The van der Waals surface area contributed by atoms with Crippen molar-refractivity contribution in [2.75, 3.05) is 13.2 Å². The number of aromatic nitrogens is 2. The van der Waals surface area contributed by atoms with Crippen LogP contribution >= 0.6 is 0 Å². The van der Waals surface area contributed by atoms with E-state index < -0.39 is 6.10 Å². The molecule has 21 heavy (non-hydrogen) atoms. The summed E-state index contributed by atoms with van der Waals surface area (Å²) in [5.41, 5.74) is 0.924. The van der Waals surface area contributed by atoms with Crippen LogP contribution in [0, 0.1) is 0 Å². The van der Waals surface area contributed by atoms with Gasteiger partial charge in [-0.15, -0.1) is 5.10 Å². The molecule has 6 heteroatoms. The van der Waals surface area contributed by atoms with Gasteiger partial charge in [-0.05, 0) is 25.5 Å². The van der Waals surface area contributed by atoms with E-state index in [4.69, 9.17) is 9.84 Å². The third-order valence-electron chi connectivity index (χ3n) is 2.89. The molecule has 0 aliphatic carbocycles. The number of hydrogen-bond acceptors (Lipinski definition) is 4. The molecule has 2 aromatic rings. The molecule has 0 unspecified atom stereocenters. The predicted octanol–water partition coefficient (Wildman–Crippen LogP) is 1.14. The quantitative estimate of drug-likeness (QED) is 0.749. The first-order valence-electron chi connectivity index (χ1n) is 6.87. The highest BCUT2D eigenvalue weighted by Crippen LogP contribution is 2.12. The van der Waals surface area contributed by atoms with E-state index in [-0.39, 0.29) is 12.5 Å². The summed E-state index contributed by atoms with van der Waals surface area (Å²) in [5, 5.41) is 15.6. The zero-order valence-corrected chi connectivity index (χ0v) is 11.9. The van der Waals surface area contributed by atoms with Crippen LogP contribution in [0.15, 0.2) is 42.6 Å². The first-order chi connectivity index (χ1) is 10.2. The maximum atomic E-state index is 11.7. The minimum atomic E-state index is -0.636. The number of nitrogens with one attached hydrogen (secondary N) is 1. The lowest BCUT2D eigenvalue weighted by atomic mass is 10.3. The van der Waals surface area contributed by atoms with Crippen molar-refractivity contribution in [3.8, 4) is 11.6 Å². The first kappa shape index (κ1) is 15.1. The van der Waals surface area contributed by atoms with Gasteiger partial charge in [-0.2, -0.15) is 0 Å². The molecule has 1 atom stereocenters. The van der Waals surface area contributed by atoms with Crippen molar-refractivity contribution in [2.45, 2.75) is 19.4 Å². The van der Waals surface area contributed by atoms with Crippen LogP contribution in [-0.4, -0.2) is 40.0 Å². The Kier molecular flexibility index (Phi) is 5.34. The predicted molar refractivity (Wildman–Crippen MR) is 78.4 cm³/mol. The molecule has 0 radical (unpaired) electrons. The summed E-state index contributed by atoms with van der Waals surface area (Å²) in [5.74, 6) is 0.168. The molecule has 0 aliphatic heterocycles. The Bertz CT molecular complexity index is 569. The van der Waals surface area contributed by atoms with Crippen molar-refractivity contribution in [1.82, 2.24) is 15.1 Å². The van der Waals surface area contributed by atoms with E-state index in [2.05, 4.69) is 10.4 Å². The second-order valence-corrected chi connectivity index (χ2v) is 4.56. The summed E-state index contributed by atoms with van der Waals surface area (Å²) in [6, 6.07) is 11.4. The van der Waals surface area contributed by atoms with E-state index >= 15 is 0 Å². The molecule has 6 nitrogen and oxygen atoms in total. The first-order valence-corrected chi connectivity index (χ1v) is 6.87. The Balaban J connectivity index is 1.91. The number of rotatable bonds is 7. The van der Waals surface area contributed by atoms with Crippen molar-refractivity contribution in [3.63, 3.8) is 0 Å². The van der Waals surface area contributed by atoms with E-state index in [1.165, 1.54) is 0 Å². The molecule has 0 fully saturated rings. The van der Waals surface area contributed by atoms with Gasteiger partial charge in [-0.3, -0.25) is 4.79 Å². The van der Waals surface area contributed by atoms with Crippen LogP contribution in [0.3, 0.4) is 0 Å². The molecule has 0 bridgehead atoms. The summed E-state index contributed by atoms with van der Waals surface area (Å²) in [6.45, 7) is 2.15. The lowest BCUT2D eigenvalue weighted by Gasteiger charge is -2.12. The number of nitrogens with zero attached hydrogens (tertiary/aromatic N) is 2. The smallest absolute Gasteiger partial charge is 0.260 e. The minimum Gasteiger partial charge on any atom is -0.463 e. The fourth-order valence-electron chi connectivity index (χ4n) is 1.76. The summed E-state index contributed by atoms with van der Waals surface area (Å²) in [7, 11) is 0. The number of ether oxygens (including phenoxy) is 1. The van der Waals surface area contributed by atoms with Gasteiger partial charge in [0.05, 0.1) is 5.69 Å². The molecule has 112 valence electrons. The number of aliphatic hydroxyl groups excluding tert-OH is 1. The fourth-order valence-corrected chi connectivity index (χ4v) is 1.76. The maximum absolute atomic E-state index is 11.7. The van der Waals surface area contributed by atoms with Gasteiger partial charge in [-0.1, -0.05) is 18.2 Å². The van der Waals surface area contributed by atoms with Crippen molar-refractivity contribution >= 4 is 5.91 Å². The standard InChI is InChI=1S/C15H19N3O3/c1-12(15(20)16-9-5-11-19)21-14-8-10-18(17-14)13-6-3-2-4-7-13/h2-4,6-8,10,12,19H,5,9,11H2,1H3,(H,16,20)/t12-/m1/s1. The molecular formula is C15H19N3O3. The number of carbonyl (C=O) groups excluding carboxylic acids is 1. The van der Waals surface area contributed by atoms with Crippen LogP contribution < -0.4 is 10.1 Å². The van der Waals surface area contributed by atoms with Crippen LogP contribution in [0.5, 0.6) is 5.88 Å². The van der Waals surface area contributed by atoms with Crippen LogP contribution in [0.1, 0.15) is 13.3 Å². The molecule has 0 saturated heterocycles. The third kappa shape index (κ3) is 4.32. The number of para-hydroxylation sites is 1. The van der Waals surface area contributed by atoms with Gasteiger partial charge in [-0.25, -0.2) is 4.68 Å². The average Bonchev–Trinajstić information content (AvgIpc) is 2.97. The van der Waals surface area contributed by atoms with Crippen molar-refractivity contribution in [2.24, 2.45) is 0 Å². The number of aliphatic hydroxyl groups is 1. The van der Waals surface area contributed by atoms with E-state index in [0.717, 1.165) is 5.69 Å². The molecule has 0 saturated carbocycles. The summed E-state index contributed by atoms with van der Waals surface area (Å²) in [4.78, 5) is 11.7. The Labute approximate surface area is 123 Å². The van der Waals surface area contributed by atoms with Gasteiger partial charge < -0.3 is 15.2 Å². The van der Waals surface area contributed by atoms with Gasteiger partial charge in [0.2, 0.25) is 5.88 Å². The summed E-state index contributed by atoms with van der Waals surface area (Å²) in [6.07, 6.45) is 1.67. The molecule has 0 spiro atoms. The Morgan fingerprint density at radius 1 is 1.38 bits per heavy atom. The van der Waals surface area contributed by atoms with Gasteiger partial charge in [0.15, 0.2) is 6.10 Å². The molecular weight excluding hydrogens is 270 g/mol. The number of carbonyl (C=O) groups is 1. The van der Waals surface area contributed by atoms with Gasteiger partial charge in [0, 0.05) is 25.4 Å². The molecule has 1 amide bonds. The normalized spacial score (nSPS) is 11.9. The van der Waals surface area contributed by atoms with Crippen LogP contribution in [0.4, 0.5) is 0 Å². The zero-order valence-electron chi connectivity index (χ0n) is 11.9. The van der Waals surface area contributed by atoms with Crippen molar-refractivity contribution < 1.29 is 14.6 Å². The fraction of sp³-hybridized carbons (Fsp3) is 0.333. The molecule has 1 heterocycles. The number of amides is 1. The highest BCUT2D eigenvalue weighted by atomic mass is 16.5. The lowest BCUT2D eigenvalue weighted by Crippen LogP contribution is -2.37. The Hall–Kier alpha value is -2.34. The van der Waals surface area contributed by atoms with Crippen LogP contribution in [0.25, 0.3) is 5.69 Å². The summed E-state index contributed by atoms with van der Waals surface area (Å²) < 4.78 is 7.19. The second-order valence-electron chi connectivity index (χ2n) is 4.56. The van der Waals surface area contributed by atoms with Gasteiger partial charge >= 0.3 is 0 Å². The third-order valence-corrected chi connectivity index (χ3v) is 2.89. The number of hydrogen-bond donors (Lipinski definition) is 2. The Morgan fingerprint density at radius 2 is 2.14 bits per heavy atom. The topological polar surface area (TPSA) is 76.4 Å². The van der Waals surface area contributed by atoms with Gasteiger partial charge in [0.25, 0.3) is 5.91 Å². The van der Waals surface area contributed by atoms with Gasteiger partial charge in [0.1, 0.15) is 0 Å². The highest BCUT2D eigenvalue weighted by Gasteiger charge is 2.15. The second kappa shape index (κ2) is 7.44. The van der Waals surface area contributed by atoms with E-state index in [0.29, 0.717) is 18.8 Å².